The largest absolute Gasteiger partial charge is 0.433 e. The van der Waals surface area contributed by atoms with Crippen LogP contribution in [0.3, 0.4) is 0 Å². The summed E-state index contributed by atoms with van der Waals surface area (Å²) in [4.78, 5) is 38.4. The molecular formula is C22H20F4IN3O3. The Morgan fingerprint density at radius 3 is 2.18 bits per heavy atom. The number of carbonyl (C=O) groups excluding carboxylic acids is 3. The maximum Gasteiger partial charge on any atom is 0.433 e. The zero-order chi connectivity index (χ0) is 24.6. The molecule has 3 N–H and O–H groups in total. The molecule has 2 aromatic carbocycles. The van der Waals surface area contributed by atoms with Crippen molar-refractivity contribution in [1.29, 1.82) is 0 Å². The highest BCUT2D eigenvalue weighted by Crippen LogP contribution is 2.40. The van der Waals surface area contributed by atoms with Crippen LogP contribution in [-0.4, -0.2) is 34.1 Å². The molecule has 0 saturated carbocycles. The number of hydrogen-bond donors (Lipinski definition) is 3. The van der Waals surface area contributed by atoms with Crippen molar-refractivity contribution in [1.82, 2.24) is 10.6 Å². The third-order valence-electron chi connectivity index (χ3n) is 5.31. The lowest BCUT2D eigenvalue weighted by molar-refractivity contribution is -0.186. The predicted molar refractivity (Wildman–Crippen MR) is 122 cm³/mol. The van der Waals surface area contributed by atoms with Crippen LogP contribution in [-0.2, 0) is 14.4 Å². The number of halogens is 5. The average molecular weight is 577 g/mol. The SMILES string of the molecule is CC(C)(C(=O)NCC(F)(I)C(F)(F)F)C(=O)N[C@@H]1C(=O)Nc2ccccc2-c2ccccc21. The molecule has 1 aliphatic rings. The highest BCUT2D eigenvalue weighted by atomic mass is 127. The van der Waals surface area contributed by atoms with Crippen LogP contribution in [0, 0.1) is 5.41 Å². The van der Waals surface area contributed by atoms with Crippen molar-refractivity contribution in [3.63, 3.8) is 0 Å². The highest BCUT2D eigenvalue weighted by Gasteiger charge is 2.54. The van der Waals surface area contributed by atoms with Gasteiger partial charge in [0.1, 0.15) is 11.5 Å². The van der Waals surface area contributed by atoms with Gasteiger partial charge in [0.25, 0.3) is 9.58 Å². The third-order valence-corrected chi connectivity index (χ3v) is 6.30. The summed E-state index contributed by atoms with van der Waals surface area (Å²) in [6, 6.07) is 12.8. The van der Waals surface area contributed by atoms with Gasteiger partial charge in [0, 0.05) is 11.3 Å². The van der Waals surface area contributed by atoms with Gasteiger partial charge in [-0.25, -0.2) is 4.39 Å². The minimum atomic E-state index is -5.20. The van der Waals surface area contributed by atoms with Crippen LogP contribution in [0.4, 0.5) is 23.2 Å². The number of alkyl halides is 5. The van der Waals surface area contributed by atoms with Gasteiger partial charge in [0.2, 0.25) is 11.8 Å². The second kappa shape index (κ2) is 8.92. The highest BCUT2D eigenvalue weighted by molar-refractivity contribution is 14.1. The number of fused-ring (bicyclic) bond motifs is 3. The van der Waals surface area contributed by atoms with Gasteiger partial charge in [-0.1, -0.05) is 42.5 Å². The summed E-state index contributed by atoms with van der Waals surface area (Å²) in [5, 5.41) is 7.10. The van der Waals surface area contributed by atoms with Crippen molar-refractivity contribution in [2.75, 3.05) is 11.9 Å². The normalized spacial score (nSPS) is 17.5. The smallest absolute Gasteiger partial charge is 0.351 e. The fourth-order valence-corrected chi connectivity index (χ4v) is 3.43. The van der Waals surface area contributed by atoms with E-state index in [1.807, 2.05) is 11.4 Å². The molecule has 3 rings (SSSR count). The number of hydrogen-bond acceptors (Lipinski definition) is 3. The second-order valence-electron chi connectivity index (χ2n) is 8.04. The Hall–Kier alpha value is -2.70. The van der Waals surface area contributed by atoms with Crippen LogP contribution < -0.4 is 16.0 Å². The number of benzene rings is 2. The molecule has 0 saturated heterocycles. The first-order valence-electron chi connectivity index (χ1n) is 9.79. The number of para-hydroxylation sites is 1. The van der Waals surface area contributed by atoms with Gasteiger partial charge in [-0.05, 0) is 53.6 Å². The van der Waals surface area contributed by atoms with Crippen molar-refractivity contribution in [3.8, 4) is 11.1 Å². The lowest BCUT2D eigenvalue weighted by Crippen LogP contribution is -2.53. The van der Waals surface area contributed by atoms with Crippen LogP contribution in [0.5, 0.6) is 0 Å². The van der Waals surface area contributed by atoms with E-state index in [4.69, 9.17) is 0 Å². The van der Waals surface area contributed by atoms with Gasteiger partial charge in [0.15, 0.2) is 0 Å². The topological polar surface area (TPSA) is 87.3 Å². The summed E-state index contributed by atoms with van der Waals surface area (Å²) in [6.07, 6.45) is -5.20. The van der Waals surface area contributed by atoms with Crippen molar-refractivity contribution >= 4 is 46.0 Å². The minimum absolute atomic E-state index is 0.483. The molecule has 1 unspecified atom stereocenters. The zero-order valence-electron chi connectivity index (χ0n) is 17.5. The molecular weight excluding hydrogens is 557 g/mol. The van der Waals surface area contributed by atoms with Crippen LogP contribution >= 0.6 is 22.6 Å². The van der Waals surface area contributed by atoms with Crippen LogP contribution in [0.1, 0.15) is 25.5 Å². The molecule has 0 aliphatic carbocycles. The molecule has 2 aromatic rings. The van der Waals surface area contributed by atoms with E-state index in [9.17, 15) is 31.9 Å². The number of carbonyl (C=O) groups is 3. The predicted octanol–water partition coefficient (Wildman–Crippen LogP) is 4.27. The summed E-state index contributed by atoms with van der Waals surface area (Å²) >= 11 is 0.554. The van der Waals surface area contributed by atoms with Gasteiger partial charge in [0.05, 0.1) is 6.54 Å². The van der Waals surface area contributed by atoms with E-state index in [-0.39, 0.29) is 0 Å². The maximum atomic E-state index is 13.8. The van der Waals surface area contributed by atoms with Crippen molar-refractivity contribution in [2.24, 2.45) is 5.41 Å². The molecule has 0 aromatic heterocycles. The Morgan fingerprint density at radius 1 is 0.970 bits per heavy atom. The Balaban J connectivity index is 1.83. The Bertz CT molecular complexity index is 1100. The molecule has 0 bridgehead atoms. The molecule has 1 heterocycles. The van der Waals surface area contributed by atoms with Crippen LogP contribution in [0.2, 0.25) is 0 Å². The van der Waals surface area contributed by atoms with Crippen molar-refractivity contribution in [3.05, 3.63) is 54.1 Å². The number of amides is 3. The second-order valence-corrected chi connectivity index (χ2v) is 9.75. The molecule has 176 valence electrons. The van der Waals surface area contributed by atoms with Gasteiger partial charge in [-0.15, -0.1) is 0 Å². The molecule has 33 heavy (non-hydrogen) atoms. The molecule has 1 aliphatic heterocycles. The van der Waals surface area contributed by atoms with E-state index < -0.39 is 45.6 Å². The Kier molecular flexibility index (Phi) is 6.74. The Morgan fingerprint density at radius 2 is 1.55 bits per heavy atom. The maximum absolute atomic E-state index is 13.8. The van der Waals surface area contributed by atoms with E-state index in [2.05, 4.69) is 10.6 Å². The molecule has 0 fully saturated rings. The quantitative estimate of drug-likeness (QED) is 0.215. The van der Waals surface area contributed by atoms with Gasteiger partial charge in [-0.2, -0.15) is 13.2 Å². The van der Waals surface area contributed by atoms with Crippen molar-refractivity contribution < 1.29 is 31.9 Å². The first kappa shape index (κ1) is 24.9. The van der Waals surface area contributed by atoms with Gasteiger partial charge < -0.3 is 16.0 Å². The first-order valence-corrected chi connectivity index (χ1v) is 10.9. The summed E-state index contributed by atoms with van der Waals surface area (Å²) in [5.74, 6) is -2.58. The average Bonchev–Trinajstić information content (AvgIpc) is 2.86. The monoisotopic (exact) mass is 577 g/mol. The van der Waals surface area contributed by atoms with Crippen molar-refractivity contribution in [2.45, 2.75) is 29.7 Å². The van der Waals surface area contributed by atoms with E-state index in [1.54, 1.807) is 42.5 Å². The van der Waals surface area contributed by atoms with E-state index in [0.29, 0.717) is 39.4 Å². The number of rotatable bonds is 5. The number of nitrogens with one attached hydrogen (secondary N) is 3. The van der Waals surface area contributed by atoms with E-state index in [0.717, 1.165) is 5.56 Å². The lowest BCUT2D eigenvalue weighted by Gasteiger charge is -2.28. The lowest BCUT2D eigenvalue weighted by atomic mass is 9.89. The van der Waals surface area contributed by atoms with Crippen LogP contribution in [0.25, 0.3) is 11.1 Å². The summed E-state index contributed by atoms with van der Waals surface area (Å²) < 4.78 is 48.3. The fraction of sp³-hybridized carbons (Fsp3) is 0.318. The molecule has 0 radical (unpaired) electrons. The Labute approximate surface area is 200 Å². The molecule has 0 spiro atoms. The van der Waals surface area contributed by atoms with Crippen LogP contribution in [0.15, 0.2) is 48.5 Å². The standard InChI is InChI=1S/C22H20F4IN3O3/c1-20(2,18(32)28-11-21(23,27)22(24,25)26)19(33)30-16-14-9-4-3-7-12(14)13-8-5-6-10-15(13)29-17(16)31/h3-10,16H,11H2,1-2H3,(H,28,32)(H,29,31)(H,30,33)/t16-,21?/m0/s1. The minimum Gasteiger partial charge on any atom is -0.351 e. The van der Waals surface area contributed by atoms with Gasteiger partial charge >= 0.3 is 6.18 Å². The molecule has 11 heteroatoms. The van der Waals surface area contributed by atoms with Gasteiger partial charge in [-0.3, -0.25) is 14.4 Å². The molecule has 6 nitrogen and oxygen atoms in total. The third kappa shape index (κ3) is 4.97. The zero-order valence-corrected chi connectivity index (χ0v) is 19.7. The summed E-state index contributed by atoms with van der Waals surface area (Å²) in [5.41, 5.74) is 0.556. The fourth-order valence-electron chi connectivity index (χ4n) is 3.24. The first-order chi connectivity index (χ1) is 15.3. The summed E-state index contributed by atoms with van der Waals surface area (Å²) in [7, 11) is 0. The molecule has 3 amide bonds. The summed E-state index contributed by atoms with van der Waals surface area (Å²) in [6.45, 7) is 0.982. The van der Waals surface area contributed by atoms with E-state index >= 15 is 0 Å². The number of anilines is 1. The van der Waals surface area contributed by atoms with E-state index in [1.165, 1.54) is 13.8 Å². The molecule has 2 atom stereocenters.